The topological polar surface area (TPSA) is 90.4 Å². The zero-order valence-electron chi connectivity index (χ0n) is 13.1. The van der Waals surface area contributed by atoms with Gasteiger partial charge in [0.05, 0.1) is 13.4 Å². The Kier molecular flexibility index (Phi) is 4.42. The molecule has 0 saturated carbocycles. The molecule has 0 fully saturated rings. The van der Waals surface area contributed by atoms with Crippen LogP contribution in [0, 0.1) is 6.92 Å². The molecule has 7 nitrogen and oxygen atoms in total. The van der Waals surface area contributed by atoms with Crippen LogP contribution in [-0.2, 0) is 4.79 Å². The molecule has 122 valence electrons. The maximum absolute atomic E-state index is 12.0. The molecule has 0 aliphatic heterocycles. The van der Waals surface area contributed by atoms with E-state index < -0.39 is 0 Å². The first-order valence-electron chi connectivity index (χ1n) is 7.17. The Hall–Kier alpha value is -3.35. The number of aryl methyl sites for hydroxylation is 1. The molecule has 2 aromatic heterocycles. The van der Waals surface area contributed by atoms with Crippen LogP contribution < -0.4 is 10.1 Å². The molecule has 3 rings (SSSR count). The number of aromatic nitrogens is 2. The van der Waals surface area contributed by atoms with E-state index in [4.69, 9.17) is 13.8 Å². The van der Waals surface area contributed by atoms with Gasteiger partial charge in [-0.15, -0.1) is 0 Å². The molecule has 24 heavy (non-hydrogen) atoms. The molecular formula is C17H15N3O4. The highest BCUT2D eigenvalue weighted by molar-refractivity contribution is 6.02. The third kappa shape index (κ3) is 3.35. The van der Waals surface area contributed by atoms with E-state index in [1.54, 1.807) is 31.4 Å². The largest absolute Gasteiger partial charge is 0.497 e. The zero-order chi connectivity index (χ0) is 16.9. The quantitative estimate of drug-likeness (QED) is 0.724. The zero-order valence-corrected chi connectivity index (χ0v) is 13.1. The van der Waals surface area contributed by atoms with E-state index in [1.807, 2.05) is 19.1 Å². The molecule has 1 amide bonds. The summed E-state index contributed by atoms with van der Waals surface area (Å²) >= 11 is 0. The van der Waals surface area contributed by atoms with Gasteiger partial charge in [-0.05, 0) is 59.2 Å². The number of nitrogens with zero attached hydrogens (tertiary/aromatic N) is 2. The molecule has 7 heteroatoms. The highest BCUT2D eigenvalue weighted by Crippen LogP contribution is 2.29. The highest BCUT2D eigenvalue weighted by atomic mass is 16.6. The average Bonchev–Trinajstić information content (AvgIpc) is 3.24. The van der Waals surface area contributed by atoms with Crippen LogP contribution in [0.25, 0.3) is 17.3 Å². The highest BCUT2D eigenvalue weighted by Gasteiger charge is 2.16. The van der Waals surface area contributed by atoms with Gasteiger partial charge in [0.15, 0.2) is 5.69 Å². The predicted octanol–water partition coefficient (Wildman–Crippen LogP) is 3.30. The molecule has 0 radical (unpaired) electrons. The number of nitrogens with one attached hydrogen (secondary N) is 1. The fourth-order valence-electron chi connectivity index (χ4n) is 2.18. The molecule has 3 aromatic rings. The van der Waals surface area contributed by atoms with Crippen molar-refractivity contribution in [1.82, 2.24) is 10.3 Å². The van der Waals surface area contributed by atoms with E-state index in [-0.39, 0.29) is 11.7 Å². The predicted molar refractivity (Wildman–Crippen MR) is 87.4 cm³/mol. The summed E-state index contributed by atoms with van der Waals surface area (Å²) in [5.74, 6) is 1.20. The Morgan fingerprint density at radius 3 is 2.88 bits per heavy atom. The lowest BCUT2D eigenvalue weighted by molar-refractivity contribution is -0.111. The first-order valence-corrected chi connectivity index (χ1v) is 7.17. The van der Waals surface area contributed by atoms with Crippen molar-refractivity contribution in [3.63, 3.8) is 0 Å². The van der Waals surface area contributed by atoms with Crippen molar-refractivity contribution in [3.05, 3.63) is 54.0 Å². The minimum Gasteiger partial charge on any atom is -0.497 e. The molecule has 1 N–H and O–H groups in total. The molecule has 0 aliphatic carbocycles. The number of hydrogen-bond donors (Lipinski definition) is 1. The third-order valence-corrected chi connectivity index (χ3v) is 3.36. The van der Waals surface area contributed by atoms with E-state index in [0.717, 1.165) is 16.9 Å². The van der Waals surface area contributed by atoms with E-state index >= 15 is 0 Å². The minimum atomic E-state index is -0.366. The van der Waals surface area contributed by atoms with E-state index in [9.17, 15) is 4.79 Å². The Bertz CT molecular complexity index is 866. The number of rotatable bonds is 5. The molecule has 0 unspecified atom stereocenters. The number of carbonyl (C=O) groups is 1. The van der Waals surface area contributed by atoms with E-state index in [0.29, 0.717) is 11.5 Å². The first kappa shape index (κ1) is 15.5. The van der Waals surface area contributed by atoms with Crippen molar-refractivity contribution in [3.8, 4) is 17.0 Å². The lowest BCUT2D eigenvalue weighted by Crippen LogP contribution is -2.09. The maximum Gasteiger partial charge on any atom is 0.249 e. The van der Waals surface area contributed by atoms with Gasteiger partial charge in [-0.2, -0.15) is 0 Å². The Morgan fingerprint density at radius 1 is 1.29 bits per heavy atom. The monoisotopic (exact) mass is 325 g/mol. The van der Waals surface area contributed by atoms with Crippen molar-refractivity contribution in [2.75, 3.05) is 12.4 Å². The summed E-state index contributed by atoms with van der Waals surface area (Å²) in [6.45, 7) is 1.91. The van der Waals surface area contributed by atoms with Gasteiger partial charge in [0.1, 0.15) is 11.5 Å². The molecule has 0 bridgehead atoms. The molecule has 2 heterocycles. The van der Waals surface area contributed by atoms with E-state index in [2.05, 4.69) is 15.6 Å². The number of ether oxygens (including phenoxy) is 1. The van der Waals surface area contributed by atoms with Crippen LogP contribution in [0.3, 0.4) is 0 Å². The van der Waals surface area contributed by atoms with Gasteiger partial charge in [-0.3, -0.25) is 4.79 Å². The van der Waals surface area contributed by atoms with Crippen molar-refractivity contribution in [2.24, 2.45) is 0 Å². The fraction of sp³-hybridized carbons (Fsp3) is 0.118. The number of benzene rings is 1. The fourth-order valence-corrected chi connectivity index (χ4v) is 2.18. The van der Waals surface area contributed by atoms with E-state index in [1.165, 1.54) is 12.3 Å². The smallest absolute Gasteiger partial charge is 0.249 e. The number of amides is 1. The van der Waals surface area contributed by atoms with Gasteiger partial charge in [-0.25, -0.2) is 4.63 Å². The lowest BCUT2D eigenvalue weighted by atomic mass is 10.1. The van der Waals surface area contributed by atoms with Crippen molar-refractivity contribution in [1.29, 1.82) is 0 Å². The summed E-state index contributed by atoms with van der Waals surface area (Å²) in [4.78, 5) is 12.0. The van der Waals surface area contributed by atoms with Gasteiger partial charge in [-0.1, -0.05) is 0 Å². The molecule has 1 aromatic carbocycles. The molecular weight excluding hydrogens is 310 g/mol. The summed E-state index contributed by atoms with van der Waals surface area (Å²) < 4.78 is 15.1. The summed E-state index contributed by atoms with van der Waals surface area (Å²) in [5, 5.41) is 10.3. The van der Waals surface area contributed by atoms with Crippen LogP contribution in [0.5, 0.6) is 5.75 Å². The normalized spacial score (nSPS) is 10.9. The van der Waals surface area contributed by atoms with Crippen LogP contribution >= 0.6 is 0 Å². The Morgan fingerprint density at radius 2 is 2.17 bits per heavy atom. The second kappa shape index (κ2) is 6.82. The number of hydrogen-bond acceptors (Lipinski definition) is 6. The summed E-state index contributed by atoms with van der Waals surface area (Å²) in [6.07, 6.45) is 4.43. The first-order chi connectivity index (χ1) is 11.7. The second-order valence-electron chi connectivity index (χ2n) is 4.98. The average molecular weight is 325 g/mol. The van der Waals surface area contributed by atoms with Gasteiger partial charge in [0.25, 0.3) is 0 Å². The lowest BCUT2D eigenvalue weighted by Gasteiger charge is -2.06. The number of furan rings is 1. The molecule has 0 spiro atoms. The maximum atomic E-state index is 12.0. The Labute approximate surface area is 137 Å². The minimum absolute atomic E-state index is 0.248. The number of anilines is 1. The van der Waals surface area contributed by atoms with Gasteiger partial charge in [0.2, 0.25) is 11.7 Å². The molecule has 0 aliphatic rings. The van der Waals surface area contributed by atoms with Crippen LogP contribution in [0.4, 0.5) is 5.82 Å². The van der Waals surface area contributed by atoms with Crippen molar-refractivity contribution >= 4 is 17.8 Å². The third-order valence-electron chi connectivity index (χ3n) is 3.36. The van der Waals surface area contributed by atoms with Crippen molar-refractivity contribution < 1.29 is 18.6 Å². The van der Waals surface area contributed by atoms with Gasteiger partial charge < -0.3 is 14.5 Å². The number of methoxy groups -OCH3 is 1. The summed E-state index contributed by atoms with van der Waals surface area (Å²) in [6, 6.07) is 8.99. The second-order valence-corrected chi connectivity index (χ2v) is 4.98. The standard InChI is InChI=1S/C17H15N3O4/c1-11-10-13(22-2)5-7-14(11)16-17(20-24-19-16)18-15(21)8-6-12-4-3-9-23-12/h3-10H,1-2H3,(H,18,20,21)/b8-6+. The van der Waals surface area contributed by atoms with Crippen LogP contribution in [0.15, 0.2) is 51.7 Å². The van der Waals surface area contributed by atoms with Crippen LogP contribution in [0.2, 0.25) is 0 Å². The van der Waals surface area contributed by atoms with Crippen molar-refractivity contribution in [2.45, 2.75) is 6.92 Å². The molecule has 0 saturated heterocycles. The summed E-state index contributed by atoms with van der Waals surface area (Å²) in [7, 11) is 1.60. The molecule has 0 atom stereocenters. The summed E-state index contributed by atoms with van der Waals surface area (Å²) in [5.41, 5.74) is 2.17. The van der Waals surface area contributed by atoms with Crippen LogP contribution in [-0.4, -0.2) is 23.3 Å². The Balaban J connectivity index is 1.79. The SMILES string of the molecule is COc1ccc(-c2nonc2NC(=O)/C=C/c2ccco2)c(C)c1. The van der Waals surface area contributed by atoms with Gasteiger partial charge >= 0.3 is 0 Å². The van der Waals surface area contributed by atoms with Crippen LogP contribution in [0.1, 0.15) is 11.3 Å². The van der Waals surface area contributed by atoms with Gasteiger partial charge in [0, 0.05) is 11.6 Å². The number of carbonyl (C=O) groups excluding carboxylic acids is 1.